The lowest BCUT2D eigenvalue weighted by molar-refractivity contribution is -0.0258. The van der Waals surface area contributed by atoms with Crippen LogP contribution in [0.3, 0.4) is 0 Å². The van der Waals surface area contributed by atoms with Gasteiger partial charge in [0.05, 0.1) is 12.7 Å². The summed E-state index contributed by atoms with van der Waals surface area (Å²) in [6.07, 6.45) is 1.37. The second-order valence-electron chi connectivity index (χ2n) is 4.77. The zero-order valence-electron chi connectivity index (χ0n) is 9.21. The van der Waals surface area contributed by atoms with Crippen molar-refractivity contribution in [2.24, 2.45) is 0 Å². The molecule has 2 aliphatic rings. The number of halogens is 1. The van der Waals surface area contributed by atoms with E-state index in [0.29, 0.717) is 26.1 Å². The third-order valence-corrected chi connectivity index (χ3v) is 3.53. The average molecular weight is 221 g/mol. The molecule has 0 radical (unpaired) electrons. The quantitative estimate of drug-likeness (QED) is 0.824. The van der Waals surface area contributed by atoms with E-state index in [2.05, 4.69) is 17.4 Å². The van der Waals surface area contributed by atoms with Gasteiger partial charge in [0, 0.05) is 19.5 Å². The van der Waals surface area contributed by atoms with Gasteiger partial charge in [0.25, 0.3) is 0 Å². The zero-order chi connectivity index (χ0) is 11.0. The van der Waals surface area contributed by atoms with E-state index in [4.69, 9.17) is 4.74 Å². The number of alkyl halides is 1. The number of nitrogens with one attached hydrogen (secondary N) is 1. The van der Waals surface area contributed by atoms with Crippen LogP contribution in [-0.4, -0.2) is 25.4 Å². The molecule has 2 heterocycles. The summed E-state index contributed by atoms with van der Waals surface area (Å²) < 4.78 is 19.8. The highest BCUT2D eigenvalue weighted by Crippen LogP contribution is 2.36. The summed E-state index contributed by atoms with van der Waals surface area (Å²) in [4.78, 5) is 0. The Morgan fingerprint density at radius 2 is 2.19 bits per heavy atom. The zero-order valence-corrected chi connectivity index (χ0v) is 9.21. The lowest BCUT2D eigenvalue weighted by atomic mass is 9.86. The van der Waals surface area contributed by atoms with Crippen LogP contribution in [-0.2, 0) is 11.2 Å². The lowest BCUT2D eigenvalue weighted by Crippen LogP contribution is -2.57. The molecule has 0 aliphatic carbocycles. The monoisotopic (exact) mass is 221 g/mol. The van der Waals surface area contributed by atoms with E-state index in [1.807, 2.05) is 12.1 Å². The van der Waals surface area contributed by atoms with Crippen LogP contribution in [0.4, 0.5) is 4.39 Å². The van der Waals surface area contributed by atoms with Crippen molar-refractivity contribution in [3.63, 3.8) is 0 Å². The summed E-state index contributed by atoms with van der Waals surface area (Å²) in [6.45, 7) is 1.65. The molecule has 1 aromatic rings. The minimum Gasteiger partial charge on any atom is -0.373 e. The van der Waals surface area contributed by atoms with Crippen LogP contribution in [0.1, 0.15) is 23.7 Å². The lowest BCUT2D eigenvalue weighted by Gasteiger charge is -2.39. The topological polar surface area (TPSA) is 21.3 Å². The van der Waals surface area contributed by atoms with E-state index in [9.17, 15) is 4.39 Å². The molecule has 3 rings (SSSR count). The molecular formula is C13H16FNO. The van der Waals surface area contributed by atoms with Crippen LogP contribution in [0.15, 0.2) is 24.3 Å². The average Bonchev–Trinajstić information content (AvgIpc) is 2.27. The molecule has 16 heavy (non-hydrogen) atoms. The summed E-state index contributed by atoms with van der Waals surface area (Å²) in [7, 11) is 0. The van der Waals surface area contributed by atoms with Crippen molar-refractivity contribution in [3.8, 4) is 0 Å². The molecule has 0 bridgehead atoms. The van der Waals surface area contributed by atoms with Gasteiger partial charge in [-0.2, -0.15) is 0 Å². The number of hydrogen-bond donors (Lipinski definition) is 1. The van der Waals surface area contributed by atoms with Gasteiger partial charge >= 0.3 is 0 Å². The van der Waals surface area contributed by atoms with Crippen LogP contribution < -0.4 is 5.32 Å². The van der Waals surface area contributed by atoms with Gasteiger partial charge in [-0.05, 0) is 17.5 Å². The largest absolute Gasteiger partial charge is 0.373 e. The van der Waals surface area contributed by atoms with E-state index in [1.54, 1.807) is 0 Å². The smallest absolute Gasteiger partial charge is 0.138 e. The first-order chi connectivity index (χ1) is 7.77. The van der Waals surface area contributed by atoms with Crippen molar-refractivity contribution in [3.05, 3.63) is 35.4 Å². The highest BCUT2D eigenvalue weighted by atomic mass is 19.1. The highest BCUT2D eigenvalue weighted by molar-refractivity contribution is 5.31. The van der Waals surface area contributed by atoms with E-state index in [1.165, 1.54) is 11.1 Å². The maximum absolute atomic E-state index is 14.0. The molecule has 1 fully saturated rings. The van der Waals surface area contributed by atoms with Gasteiger partial charge < -0.3 is 10.1 Å². The Kier molecular flexibility index (Phi) is 2.45. The first-order valence-corrected chi connectivity index (χ1v) is 5.86. The SMILES string of the molecule is FC1(CC2OCCc3ccccc32)CNC1. The Balaban J connectivity index is 1.81. The van der Waals surface area contributed by atoms with E-state index in [0.717, 1.165) is 6.42 Å². The number of hydrogen-bond acceptors (Lipinski definition) is 2. The van der Waals surface area contributed by atoms with Crippen molar-refractivity contribution in [2.45, 2.75) is 24.6 Å². The molecule has 1 N–H and O–H groups in total. The van der Waals surface area contributed by atoms with Crippen molar-refractivity contribution in [2.75, 3.05) is 19.7 Å². The Morgan fingerprint density at radius 1 is 1.38 bits per heavy atom. The molecule has 1 saturated heterocycles. The predicted molar refractivity (Wildman–Crippen MR) is 60.2 cm³/mol. The van der Waals surface area contributed by atoms with Gasteiger partial charge in [-0.3, -0.25) is 0 Å². The normalized spacial score (nSPS) is 26.9. The van der Waals surface area contributed by atoms with Crippen molar-refractivity contribution in [1.29, 1.82) is 0 Å². The van der Waals surface area contributed by atoms with E-state index in [-0.39, 0.29) is 6.10 Å². The first kappa shape index (κ1) is 10.2. The third-order valence-electron chi connectivity index (χ3n) is 3.53. The summed E-state index contributed by atoms with van der Waals surface area (Å²) in [5, 5.41) is 2.98. The Hall–Kier alpha value is -0.930. The van der Waals surface area contributed by atoms with Crippen molar-refractivity contribution in [1.82, 2.24) is 5.32 Å². The van der Waals surface area contributed by atoms with Gasteiger partial charge in [-0.1, -0.05) is 24.3 Å². The number of benzene rings is 1. The minimum atomic E-state index is -1.06. The standard InChI is InChI=1S/C13H16FNO/c14-13(8-15-9-13)7-12-11-4-2-1-3-10(11)5-6-16-12/h1-4,12,15H,5-9H2. The van der Waals surface area contributed by atoms with Crippen LogP contribution >= 0.6 is 0 Å². The summed E-state index contributed by atoms with van der Waals surface area (Å²) in [6, 6.07) is 8.23. The number of rotatable bonds is 2. The molecule has 0 aromatic heterocycles. The van der Waals surface area contributed by atoms with Crippen LogP contribution in [0.5, 0.6) is 0 Å². The van der Waals surface area contributed by atoms with E-state index < -0.39 is 5.67 Å². The molecule has 1 atom stereocenters. The summed E-state index contributed by atoms with van der Waals surface area (Å²) in [5.41, 5.74) is 1.43. The van der Waals surface area contributed by atoms with Crippen molar-refractivity contribution < 1.29 is 9.13 Å². The Morgan fingerprint density at radius 3 is 2.94 bits per heavy atom. The third kappa shape index (κ3) is 1.74. The minimum absolute atomic E-state index is 0.0583. The predicted octanol–water partition coefficient (Wildman–Crippen LogP) is 2.00. The molecule has 2 aliphatic heterocycles. The molecule has 86 valence electrons. The number of fused-ring (bicyclic) bond motifs is 1. The van der Waals surface area contributed by atoms with Gasteiger partial charge in [0.2, 0.25) is 0 Å². The summed E-state index contributed by atoms with van der Waals surface area (Å²) >= 11 is 0. The second-order valence-corrected chi connectivity index (χ2v) is 4.77. The maximum Gasteiger partial charge on any atom is 0.138 e. The van der Waals surface area contributed by atoms with Crippen LogP contribution in [0.2, 0.25) is 0 Å². The molecule has 1 unspecified atom stereocenters. The fraction of sp³-hybridized carbons (Fsp3) is 0.538. The highest BCUT2D eigenvalue weighted by Gasteiger charge is 2.40. The summed E-state index contributed by atoms with van der Waals surface area (Å²) in [5.74, 6) is 0. The van der Waals surface area contributed by atoms with Gasteiger partial charge in [-0.15, -0.1) is 0 Å². The molecule has 0 saturated carbocycles. The van der Waals surface area contributed by atoms with Gasteiger partial charge in [0.1, 0.15) is 5.67 Å². The first-order valence-electron chi connectivity index (χ1n) is 5.86. The molecule has 3 heteroatoms. The Labute approximate surface area is 94.8 Å². The van der Waals surface area contributed by atoms with Crippen LogP contribution in [0, 0.1) is 0 Å². The molecule has 0 amide bonds. The van der Waals surface area contributed by atoms with Gasteiger partial charge in [-0.25, -0.2) is 4.39 Å². The van der Waals surface area contributed by atoms with Crippen LogP contribution in [0.25, 0.3) is 0 Å². The molecular weight excluding hydrogens is 205 g/mol. The maximum atomic E-state index is 14.0. The van der Waals surface area contributed by atoms with Gasteiger partial charge in [0.15, 0.2) is 0 Å². The number of ether oxygens (including phenoxy) is 1. The molecule has 0 spiro atoms. The van der Waals surface area contributed by atoms with Crippen molar-refractivity contribution >= 4 is 0 Å². The Bertz CT molecular complexity index is 389. The van der Waals surface area contributed by atoms with E-state index >= 15 is 0 Å². The second kappa shape index (κ2) is 3.82. The molecule has 2 nitrogen and oxygen atoms in total. The molecule has 1 aromatic carbocycles. The fourth-order valence-electron chi connectivity index (χ4n) is 2.52. The fourth-order valence-corrected chi connectivity index (χ4v) is 2.52.